The maximum absolute atomic E-state index is 10.6. The van der Waals surface area contributed by atoms with Gasteiger partial charge in [-0.1, -0.05) is 0 Å². The van der Waals surface area contributed by atoms with E-state index in [1.807, 2.05) is 18.9 Å². The summed E-state index contributed by atoms with van der Waals surface area (Å²) in [5.74, 6) is 0.588. The molecule has 80 valence electrons. The maximum atomic E-state index is 10.6. The number of anilines is 1. The van der Waals surface area contributed by atoms with Crippen LogP contribution in [0.3, 0.4) is 0 Å². The van der Waals surface area contributed by atoms with Gasteiger partial charge in [-0.2, -0.15) is 0 Å². The zero-order valence-corrected chi connectivity index (χ0v) is 8.64. The average Bonchev–Trinajstić information content (AvgIpc) is 2.16. The third kappa shape index (κ3) is 1.72. The molecule has 0 saturated heterocycles. The molecule has 0 N–H and O–H groups in total. The molecule has 0 saturated carbocycles. The molecule has 1 unspecified atom stereocenters. The van der Waals surface area contributed by atoms with Gasteiger partial charge in [-0.3, -0.25) is 10.1 Å². The molecule has 15 heavy (non-hydrogen) atoms. The molecule has 0 radical (unpaired) electrons. The van der Waals surface area contributed by atoms with Crippen LogP contribution < -0.4 is 9.64 Å². The predicted molar refractivity (Wildman–Crippen MR) is 56.5 cm³/mol. The SMILES string of the molecule is CC1CN(C)c2ccc([N+](=O)[O-])cc2O1. The lowest BCUT2D eigenvalue weighted by atomic mass is 10.2. The van der Waals surface area contributed by atoms with Crippen molar-refractivity contribution in [1.82, 2.24) is 0 Å². The van der Waals surface area contributed by atoms with Crippen LogP contribution in [0.5, 0.6) is 5.75 Å². The first kappa shape index (κ1) is 9.76. The van der Waals surface area contributed by atoms with Crippen molar-refractivity contribution in [3.05, 3.63) is 28.3 Å². The summed E-state index contributed by atoms with van der Waals surface area (Å²) in [6.07, 6.45) is 0.0597. The molecule has 5 heteroatoms. The normalized spacial score (nSPS) is 19.3. The quantitative estimate of drug-likeness (QED) is 0.521. The van der Waals surface area contributed by atoms with E-state index in [0.717, 1.165) is 12.2 Å². The minimum Gasteiger partial charge on any atom is -0.486 e. The number of hydrogen-bond acceptors (Lipinski definition) is 4. The van der Waals surface area contributed by atoms with Crippen molar-refractivity contribution >= 4 is 11.4 Å². The van der Waals surface area contributed by atoms with Crippen LogP contribution in [0.4, 0.5) is 11.4 Å². The Morgan fingerprint density at radius 3 is 3.00 bits per heavy atom. The first-order chi connectivity index (χ1) is 7.08. The standard InChI is InChI=1S/C10H12N2O3/c1-7-6-11(2)9-4-3-8(12(13)14)5-10(9)15-7/h3-5,7H,6H2,1-2H3. The molecule has 1 aromatic rings. The molecule has 2 rings (SSSR count). The van der Waals surface area contributed by atoms with E-state index in [9.17, 15) is 10.1 Å². The van der Waals surface area contributed by atoms with Gasteiger partial charge in [0.05, 0.1) is 23.2 Å². The molecule has 0 aromatic heterocycles. The molecule has 0 fully saturated rings. The Balaban J connectivity index is 2.43. The fourth-order valence-corrected chi connectivity index (χ4v) is 1.76. The van der Waals surface area contributed by atoms with Crippen molar-refractivity contribution in [2.45, 2.75) is 13.0 Å². The number of fused-ring (bicyclic) bond motifs is 1. The maximum Gasteiger partial charge on any atom is 0.273 e. The Morgan fingerprint density at radius 1 is 1.60 bits per heavy atom. The van der Waals surface area contributed by atoms with E-state index in [1.54, 1.807) is 6.07 Å². The van der Waals surface area contributed by atoms with E-state index in [0.29, 0.717) is 5.75 Å². The summed E-state index contributed by atoms with van der Waals surface area (Å²) in [5.41, 5.74) is 0.968. The lowest BCUT2D eigenvalue weighted by molar-refractivity contribution is -0.384. The minimum absolute atomic E-state index is 0.0597. The summed E-state index contributed by atoms with van der Waals surface area (Å²) in [6.45, 7) is 2.74. The van der Waals surface area contributed by atoms with E-state index >= 15 is 0 Å². The molecule has 0 aliphatic carbocycles. The van der Waals surface area contributed by atoms with Gasteiger partial charge in [0.25, 0.3) is 5.69 Å². The van der Waals surface area contributed by atoms with Gasteiger partial charge in [0, 0.05) is 13.1 Å². The van der Waals surface area contributed by atoms with Crippen molar-refractivity contribution in [1.29, 1.82) is 0 Å². The van der Waals surface area contributed by atoms with Gasteiger partial charge in [-0.05, 0) is 13.0 Å². The Kier molecular flexibility index (Phi) is 2.22. The molecule has 1 aliphatic rings. The first-order valence-corrected chi connectivity index (χ1v) is 4.74. The molecule has 1 aliphatic heterocycles. The number of likely N-dealkylation sites (N-methyl/N-ethyl adjacent to an activating group) is 1. The third-order valence-electron chi connectivity index (χ3n) is 2.42. The second-order valence-corrected chi connectivity index (χ2v) is 3.72. The van der Waals surface area contributed by atoms with Crippen LogP contribution in [0, 0.1) is 10.1 Å². The van der Waals surface area contributed by atoms with Crippen LogP contribution in [0.15, 0.2) is 18.2 Å². The van der Waals surface area contributed by atoms with Crippen LogP contribution in [-0.4, -0.2) is 24.6 Å². The highest BCUT2D eigenvalue weighted by Crippen LogP contribution is 2.35. The smallest absolute Gasteiger partial charge is 0.273 e. The Labute approximate surface area is 87.4 Å². The van der Waals surface area contributed by atoms with Gasteiger partial charge in [0.15, 0.2) is 0 Å². The number of benzene rings is 1. The van der Waals surface area contributed by atoms with E-state index in [-0.39, 0.29) is 11.8 Å². The summed E-state index contributed by atoms with van der Waals surface area (Å²) in [4.78, 5) is 12.2. The molecule has 0 amide bonds. The number of nitro groups is 1. The zero-order chi connectivity index (χ0) is 11.0. The van der Waals surface area contributed by atoms with Crippen molar-refractivity contribution in [3.8, 4) is 5.75 Å². The number of nitrogens with zero attached hydrogens (tertiary/aromatic N) is 2. The summed E-state index contributed by atoms with van der Waals surface area (Å²) in [7, 11) is 1.95. The fourth-order valence-electron chi connectivity index (χ4n) is 1.76. The largest absolute Gasteiger partial charge is 0.486 e. The van der Waals surface area contributed by atoms with Gasteiger partial charge in [0.1, 0.15) is 11.9 Å². The molecule has 0 spiro atoms. The summed E-state index contributed by atoms with van der Waals surface area (Å²) in [6, 6.07) is 4.69. The number of hydrogen-bond donors (Lipinski definition) is 0. The monoisotopic (exact) mass is 208 g/mol. The van der Waals surface area contributed by atoms with Gasteiger partial charge >= 0.3 is 0 Å². The summed E-state index contributed by atoms with van der Waals surface area (Å²) in [5, 5.41) is 10.6. The highest BCUT2D eigenvalue weighted by molar-refractivity contribution is 5.63. The highest BCUT2D eigenvalue weighted by atomic mass is 16.6. The zero-order valence-electron chi connectivity index (χ0n) is 8.64. The van der Waals surface area contributed by atoms with Crippen molar-refractivity contribution < 1.29 is 9.66 Å². The molecule has 5 nitrogen and oxygen atoms in total. The van der Waals surface area contributed by atoms with E-state index in [1.165, 1.54) is 12.1 Å². The van der Waals surface area contributed by atoms with Crippen molar-refractivity contribution in [2.75, 3.05) is 18.5 Å². The fraction of sp³-hybridized carbons (Fsp3) is 0.400. The van der Waals surface area contributed by atoms with Gasteiger partial charge < -0.3 is 9.64 Å². The highest BCUT2D eigenvalue weighted by Gasteiger charge is 2.22. The molecule has 1 atom stereocenters. The van der Waals surface area contributed by atoms with E-state index in [4.69, 9.17) is 4.74 Å². The number of rotatable bonds is 1. The summed E-state index contributed by atoms with van der Waals surface area (Å²) >= 11 is 0. The van der Waals surface area contributed by atoms with Gasteiger partial charge in [-0.25, -0.2) is 0 Å². The van der Waals surface area contributed by atoms with E-state index in [2.05, 4.69) is 0 Å². The van der Waals surface area contributed by atoms with Crippen LogP contribution in [-0.2, 0) is 0 Å². The molecule has 1 aromatic carbocycles. The molecule has 0 bridgehead atoms. The second-order valence-electron chi connectivity index (χ2n) is 3.72. The first-order valence-electron chi connectivity index (χ1n) is 4.74. The van der Waals surface area contributed by atoms with Crippen LogP contribution in [0.1, 0.15) is 6.92 Å². The minimum atomic E-state index is -0.414. The topological polar surface area (TPSA) is 55.6 Å². The van der Waals surface area contributed by atoms with Gasteiger partial charge in [0.2, 0.25) is 0 Å². The van der Waals surface area contributed by atoms with Gasteiger partial charge in [-0.15, -0.1) is 0 Å². The number of ether oxygens (including phenoxy) is 1. The third-order valence-corrected chi connectivity index (χ3v) is 2.42. The Morgan fingerprint density at radius 2 is 2.33 bits per heavy atom. The number of nitro benzene ring substituents is 1. The average molecular weight is 208 g/mol. The predicted octanol–water partition coefficient (Wildman–Crippen LogP) is 1.81. The van der Waals surface area contributed by atoms with Crippen LogP contribution in [0.2, 0.25) is 0 Å². The Bertz CT molecular complexity index is 406. The summed E-state index contributed by atoms with van der Waals surface area (Å²) < 4.78 is 5.55. The second kappa shape index (κ2) is 3.42. The Hall–Kier alpha value is -1.78. The molecule has 1 heterocycles. The van der Waals surface area contributed by atoms with Crippen molar-refractivity contribution in [3.63, 3.8) is 0 Å². The molecular weight excluding hydrogens is 196 g/mol. The lowest BCUT2D eigenvalue weighted by Gasteiger charge is -2.31. The molecular formula is C10H12N2O3. The van der Waals surface area contributed by atoms with E-state index < -0.39 is 4.92 Å². The van der Waals surface area contributed by atoms with Crippen LogP contribution in [0.25, 0.3) is 0 Å². The number of non-ortho nitro benzene ring substituents is 1. The van der Waals surface area contributed by atoms with Crippen LogP contribution >= 0.6 is 0 Å². The lowest BCUT2D eigenvalue weighted by Crippen LogP contribution is -2.35. The van der Waals surface area contributed by atoms with Crippen molar-refractivity contribution in [2.24, 2.45) is 0 Å².